The normalized spacial score (nSPS) is 13.1. The van der Waals surface area contributed by atoms with E-state index in [0.717, 1.165) is 0 Å². The summed E-state index contributed by atoms with van der Waals surface area (Å²) in [6.45, 7) is 1.39. The summed E-state index contributed by atoms with van der Waals surface area (Å²) in [7, 11) is -2.47. The summed E-state index contributed by atoms with van der Waals surface area (Å²) in [5, 5.41) is 22.2. The van der Waals surface area contributed by atoms with Gasteiger partial charge in [0.25, 0.3) is 0 Å². The Hall–Kier alpha value is -2.04. The van der Waals surface area contributed by atoms with E-state index in [4.69, 9.17) is 9.84 Å². The number of aromatic nitrogens is 4. The highest BCUT2D eigenvalue weighted by atomic mass is 32.2. The number of H-pyrrole nitrogens is 1. The van der Waals surface area contributed by atoms with Crippen LogP contribution in [0.5, 0.6) is 5.75 Å². The lowest BCUT2D eigenvalue weighted by Gasteiger charge is -2.14. The van der Waals surface area contributed by atoms with Gasteiger partial charge in [0.05, 0.1) is 19.8 Å². The van der Waals surface area contributed by atoms with Crippen LogP contribution < -0.4 is 9.46 Å². The molecule has 114 valence electrons. The van der Waals surface area contributed by atoms with Gasteiger partial charge in [0.1, 0.15) is 10.6 Å². The Balaban J connectivity index is 2.31. The van der Waals surface area contributed by atoms with Gasteiger partial charge in [-0.05, 0) is 24.6 Å². The maximum atomic E-state index is 12.4. The first-order chi connectivity index (χ1) is 9.97. The van der Waals surface area contributed by atoms with Crippen LogP contribution in [0.15, 0.2) is 23.1 Å². The Morgan fingerprint density at radius 1 is 1.48 bits per heavy atom. The molecule has 0 radical (unpaired) electrons. The Morgan fingerprint density at radius 3 is 2.81 bits per heavy atom. The van der Waals surface area contributed by atoms with Gasteiger partial charge in [0, 0.05) is 0 Å². The van der Waals surface area contributed by atoms with E-state index in [-0.39, 0.29) is 23.1 Å². The van der Waals surface area contributed by atoms with Gasteiger partial charge in [-0.1, -0.05) is 11.3 Å². The highest BCUT2D eigenvalue weighted by Crippen LogP contribution is 2.26. The van der Waals surface area contributed by atoms with Crippen LogP contribution in [0.3, 0.4) is 0 Å². The lowest BCUT2D eigenvalue weighted by atomic mass is 10.2. The average molecular weight is 313 g/mol. The fraction of sp³-hybridized carbons (Fsp3) is 0.364. The number of nitrogens with zero attached hydrogens (tertiary/aromatic N) is 3. The van der Waals surface area contributed by atoms with E-state index in [0.29, 0.717) is 5.56 Å². The fourth-order valence-corrected chi connectivity index (χ4v) is 3.09. The number of ether oxygens (including phenoxy) is 1. The molecule has 2 aromatic rings. The van der Waals surface area contributed by atoms with E-state index in [1.807, 2.05) is 0 Å². The molecule has 0 saturated heterocycles. The maximum Gasteiger partial charge on any atom is 0.244 e. The minimum atomic E-state index is -3.83. The monoisotopic (exact) mass is 313 g/mol. The topological polar surface area (TPSA) is 130 Å². The third kappa shape index (κ3) is 3.35. The van der Waals surface area contributed by atoms with Crippen LogP contribution in [0.4, 0.5) is 0 Å². The first kappa shape index (κ1) is 15.4. The van der Waals surface area contributed by atoms with E-state index < -0.39 is 16.1 Å². The van der Waals surface area contributed by atoms with Crippen molar-refractivity contribution in [3.05, 3.63) is 29.6 Å². The van der Waals surface area contributed by atoms with Gasteiger partial charge >= 0.3 is 0 Å². The van der Waals surface area contributed by atoms with Crippen LogP contribution in [0.2, 0.25) is 0 Å². The summed E-state index contributed by atoms with van der Waals surface area (Å²) >= 11 is 0. The quantitative estimate of drug-likeness (QED) is 0.669. The third-order valence-electron chi connectivity index (χ3n) is 2.78. The van der Waals surface area contributed by atoms with Gasteiger partial charge in [-0.25, -0.2) is 13.1 Å². The molecule has 1 aromatic heterocycles. The molecular formula is C11H15N5O4S. The molecule has 1 heterocycles. The second-order valence-corrected chi connectivity index (χ2v) is 5.94. The van der Waals surface area contributed by atoms with E-state index in [1.165, 1.54) is 25.3 Å². The predicted octanol–water partition coefficient (Wildman–Crippen LogP) is -0.260. The van der Waals surface area contributed by atoms with E-state index in [1.54, 1.807) is 6.92 Å². The summed E-state index contributed by atoms with van der Waals surface area (Å²) in [6, 6.07) is 3.69. The zero-order valence-electron chi connectivity index (χ0n) is 11.4. The molecule has 1 unspecified atom stereocenters. The number of aliphatic hydroxyl groups is 1. The van der Waals surface area contributed by atoms with Crippen molar-refractivity contribution >= 4 is 10.0 Å². The minimum Gasteiger partial charge on any atom is -0.495 e. The summed E-state index contributed by atoms with van der Waals surface area (Å²) in [6.07, 6.45) is 0. The van der Waals surface area contributed by atoms with Crippen molar-refractivity contribution in [3.63, 3.8) is 0 Å². The van der Waals surface area contributed by atoms with Gasteiger partial charge in [-0.3, -0.25) is 0 Å². The first-order valence-corrected chi connectivity index (χ1v) is 7.49. The second-order valence-electron chi connectivity index (χ2n) is 4.26. The molecule has 0 aliphatic rings. The lowest BCUT2D eigenvalue weighted by Crippen LogP contribution is -2.28. The Labute approximate surface area is 121 Å². The standard InChI is InChI=1S/C11H15N5O4S/c1-7(11-12-15-16-13-11)14-21(18,19)10-4-3-8(6-17)5-9(10)20-2/h3-5,7,14,17H,6H2,1-2H3,(H,12,13,15,16). The Morgan fingerprint density at radius 2 is 2.24 bits per heavy atom. The molecule has 2 rings (SSSR count). The highest BCUT2D eigenvalue weighted by Gasteiger charge is 2.24. The van der Waals surface area contributed by atoms with E-state index >= 15 is 0 Å². The van der Waals surface area contributed by atoms with Gasteiger partial charge in [0.15, 0.2) is 5.82 Å². The van der Waals surface area contributed by atoms with Crippen LogP contribution in [0.25, 0.3) is 0 Å². The number of hydrogen-bond donors (Lipinski definition) is 3. The molecular weight excluding hydrogens is 298 g/mol. The molecule has 0 aliphatic carbocycles. The molecule has 21 heavy (non-hydrogen) atoms. The van der Waals surface area contributed by atoms with Gasteiger partial charge in [0.2, 0.25) is 10.0 Å². The van der Waals surface area contributed by atoms with Crippen molar-refractivity contribution in [1.82, 2.24) is 25.3 Å². The molecule has 10 heteroatoms. The molecule has 1 aromatic carbocycles. The van der Waals surface area contributed by atoms with Gasteiger partial charge in [-0.2, -0.15) is 5.21 Å². The minimum absolute atomic E-state index is 0.0301. The summed E-state index contributed by atoms with van der Waals surface area (Å²) < 4.78 is 32.3. The van der Waals surface area contributed by atoms with Crippen molar-refractivity contribution in [2.75, 3.05) is 7.11 Å². The number of benzene rings is 1. The highest BCUT2D eigenvalue weighted by molar-refractivity contribution is 7.89. The van der Waals surface area contributed by atoms with E-state index in [9.17, 15) is 8.42 Å². The van der Waals surface area contributed by atoms with Crippen LogP contribution in [0.1, 0.15) is 24.4 Å². The third-order valence-corrected chi connectivity index (χ3v) is 4.36. The number of aliphatic hydroxyl groups excluding tert-OH is 1. The Bertz CT molecular complexity index is 701. The zero-order valence-corrected chi connectivity index (χ0v) is 12.3. The Kier molecular flexibility index (Phi) is 4.50. The van der Waals surface area contributed by atoms with Crippen LogP contribution in [-0.4, -0.2) is 41.3 Å². The molecule has 1 atom stereocenters. The molecule has 0 bridgehead atoms. The smallest absolute Gasteiger partial charge is 0.244 e. The molecule has 0 spiro atoms. The van der Waals surface area contributed by atoms with Crippen molar-refractivity contribution in [1.29, 1.82) is 0 Å². The summed E-state index contributed by atoms with van der Waals surface area (Å²) in [4.78, 5) is -0.0301. The predicted molar refractivity (Wildman–Crippen MR) is 71.8 cm³/mol. The van der Waals surface area contributed by atoms with Crippen molar-refractivity contribution in [2.45, 2.75) is 24.5 Å². The fourth-order valence-electron chi connectivity index (χ4n) is 1.73. The molecule has 9 nitrogen and oxygen atoms in total. The van der Waals surface area contributed by atoms with Crippen LogP contribution in [0, 0.1) is 0 Å². The van der Waals surface area contributed by atoms with E-state index in [2.05, 4.69) is 25.3 Å². The van der Waals surface area contributed by atoms with Gasteiger partial charge in [-0.15, -0.1) is 10.2 Å². The lowest BCUT2D eigenvalue weighted by molar-refractivity contribution is 0.280. The molecule has 0 saturated carbocycles. The largest absolute Gasteiger partial charge is 0.495 e. The number of aromatic amines is 1. The number of nitrogens with one attached hydrogen (secondary N) is 2. The second kappa shape index (κ2) is 6.16. The van der Waals surface area contributed by atoms with Crippen LogP contribution >= 0.6 is 0 Å². The SMILES string of the molecule is COc1cc(CO)ccc1S(=O)(=O)NC(C)c1nn[nH]n1. The average Bonchev–Trinajstić information content (AvgIpc) is 3.00. The van der Waals surface area contributed by atoms with Crippen LogP contribution in [-0.2, 0) is 16.6 Å². The number of hydrogen-bond acceptors (Lipinski definition) is 7. The maximum absolute atomic E-state index is 12.4. The molecule has 3 N–H and O–H groups in total. The van der Waals surface area contributed by atoms with Crippen molar-refractivity contribution in [2.24, 2.45) is 0 Å². The zero-order chi connectivity index (χ0) is 15.5. The van der Waals surface area contributed by atoms with Gasteiger partial charge < -0.3 is 9.84 Å². The van der Waals surface area contributed by atoms with Crippen molar-refractivity contribution in [3.8, 4) is 5.75 Å². The number of tetrazole rings is 1. The summed E-state index contributed by atoms with van der Waals surface area (Å²) in [5.41, 5.74) is 0.553. The summed E-state index contributed by atoms with van der Waals surface area (Å²) in [5.74, 6) is 0.374. The van der Waals surface area contributed by atoms with Crippen molar-refractivity contribution < 1.29 is 18.3 Å². The molecule has 0 fully saturated rings. The first-order valence-electron chi connectivity index (χ1n) is 6.01. The molecule has 0 amide bonds. The number of rotatable bonds is 6. The number of sulfonamides is 1. The molecule has 0 aliphatic heterocycles. The number of methoxy groups -OCH3 is 1.